The van der Waals surface area contributed by atoms with E-state index in [1.54, 1.807) is 6.08 Å². The lowest BCUT2D eigenvalue weighted by Crippen LogP contribution is -2.04. The van der Waals surface area contributed by atoms with E-state index < -0.39 is 29.0 Å². The summed E-state index contributed by atoms with van der Waals surface area (Å²) in [4.78, 5) is 14.9. The fraction of sp³-hybridized carbons (Fsp3) is 0.125. The van der Waals surface area contributed by atoms with Crippen molar-refractivity contribution >= 4 is 12.2 Å². The summed E-state index contributed by atoms with van der Waals surface area (Å²) in [5, 5.41) is 0. The molecule has 7 heteroatoms. The fourth-order valence-corrected chi connectivity index (χ4v) is 1.54. The smallest absolute Gasteiger partial charge is 0.349 e. The zero-order valence-corrected chi connectivity index (χ0v) is 12.3. The Balaban J connectivity index is 3.13. The molecule has 0 aliphatic rings. The number of benzene rings is 1. The van der Waals surface area contributed by atoms with E-state index in [2.05, 4.69) is 9.73 Å². The second-order valence-corrected chi connectivity index (χ2v) is 4.21. The normalized spacial score (nSPS) is 12.6. The van der Waals surface area contributed by atoms with E-state index in [-0.39, 0.29) is 12.1 Å². The molecule has 0 aliphatic heterocycles. The van der Waals surface area contributed by atoms with Gasteiger partial charge in [0, 0.05) is 17.7 Å². The summed E-state index contributed by atoms with van der Waals surface area (Å²) in [5.74, 6) is -4.11. The van der Waals surface area contributed by atoms with Crippen molar-refractivity contribution in [2.24, 2.45) is 10.7 Å². The van der Waals surface area contributed by atoms with Gasteiger partial charge in [-0.1, -0.05) is 12.2 Å². The van der Waals surface area contributed by atoms with Crippen molar-refractivity contribution in [3.63, 3.8) is 0 Å². The molecule has 0 atom stereocenters. The van der Waals surface area contributed by atoms with E-state index in [4.69, 9.17) is 5.73 Å². The van der Waals surface area contributed by atoms with Gasteiger partial charge in [0.1, 0.15) is 12.0 Å². The number of methoxy groups -OCH3 is 1. The van der Waals surface area contributed by atoms with E-state index in [1.807, 2.05) is 0 Å². The van der Waals surface area contributed by atoms with Crippen molar-refractivity contribution < 1.29 is 22.7 Å². The number of carbonyl (C=O) groups excluding carboxylic acids is 1. The van der Waals surface area contributed by atoms with Gasteiger partial charge in [0.05, 0.1) is 7.11 Å². The van der Waals surface area contributed by atoms with Crippen molar-refractivity contribution in [3.05, 3.63) is 71.3 Å². The second-order valence-electron chi connectivity index (χ2n) is 4.21. The van der Waals surface area contributed by atoms with Crippen LogP contribution < -0.4 is 5.73 Å². The lowest BCUT2D eigenvalue weighted by atomic mass is 10.1. The third kappa shape index (κ3) is 5.82. The molecule has 2 N–H and O–H groups in total. The SMILES string of the molecule is COC(=O)C=N/C(=C/C=C\C=C/N)Cc1c(F)ccc(F)c1F. The maximum atomic E-state index is 13.7. The highest BCUT2D eigenvalue weighted by Gasteiger charge is 2.15. The maximum Gasteiger partial charge on any atom is 0.349 e. The van der Waals surface area contributed by atoms with Gasteiger partial charge in [0.25, 0.3) is 0 Å². The predicted octanol–water partition coefficient (Wildman–Crippen LogP) is 2.80. The Morgan fingerprint density at radius 1 is 1.22 bits per heavy atom. The molecule has 0 aliphatic carbocycles. The molecule has 23 heavy (non-hydrogen) atoms. The molecule has 1 aromatic rings. The molecule has 1 aromatic carbocycles. The van der Waals surface area contributed by atoms with Crippen LogP contribution in [-0.2, 0) is 16.0 Å². The molecule has 0 aromatic heterocycles. The van der Waals surface area contributed by atoms with E-state index in [9.17, 15) is 18.0 Å². The summed E-state index contributed by atoms with van der Waals surface area (Å²) in [6.45, 7) is 0. The molecule has 0 amide bonds. The number of aliphatic imine (C=N–C) groups is 1. The van der Waals surface area contributed by atoms with Crippen molar-refractivity contribution in [2.75, 3.05) is 7.11 Å². The molecule has 0 saturated carbocycles. The van der Waals surface area contributed by atoms with Crippen molar-refractivity contribution in [3.8, 4) is 0 Å². The first-order valence-corrected chi connectivity index (χ1v) is 6.48. The third-order valence-electron chi connectivity index (χ3n) is 2.66. The Hall–Kier alpha value is -2.83. The van der Waals surface area contributed by atoms with Gasteiger partial charge in [-0.05, 0) is 30.5 Å². The maximum absolute atomic E-state index is 13.7. The van der Waals surface area contributed by atoms with Gasteiger partial charge in [-0.2, -0.15) is 0 Å². The molecule has 4 nitrogen and oxygen atoms in total. The molecule has 0 saturated heterocycles. The Bertz CT molecular complexity index is 680. The Kier molecular flexibility index (Phi) is 7.32. The lowest BCUT2D eigenvalue weighted by Gasteiger charge is -2.06. The van der Waals surface area contributed by atoms with Gasteiger partial charge < -0.3 is 10.5 Å². The summed E-state index contributed by atoms with van der Waals surface area (Å²) in [5.41, 5.74) is 4.80. The minimum absolute atomic E-state index is 0.125. The van der Waals surface area contributed by atoms with Gasteiger partial charge in [-0.25, -0.2) is 18.0 Å². The van der Waals surface area contributed by atoms with Gasteiger partial charge in [0.2, 0.25) is 0 Å². The Morgan fingerprint density at radius 2 is 1.91 bits per heavy atom. The average Bonchev–Trinajstić information content (AvgIpc) is 2.55. The molecule has 122 valence electrons. The van der Waals surface area contributed by atoms with Gasteiger partial charge in [-0.15, -0.1) is 0 Å². The zero-order valence-electron chi connectivity index (χ0n) is 12.3. The molecule has 0 bridgehead atoms. The molecule has 0 radical (unpaired) electrons. The summed E-state index contributed by atoms with van der Waals surface area (Å²) in [6.07, 6.45) is 7.76. The average molecular weight is 324 g/mol. The van der Waals surface area contributed by atoms with Gasteiger partial charge >= 0.3 is 5.97 Å². The van der Waals surface area contributed by atoms with Crippen LogP contribution in [0, 0.1) is 17.5 Å². The highest BCUT2D eigenvalue weighted by molar-refractivity contribution is 6.23. The predicted molar refractivity (Wildman–Crippen MR) is 81.1 cm³/mol. The van der Waals surface area contributed by atoms with Crippen molar-refractivity contribution in [1.82, 2.24) is 0 Å². The van der Waals surface area contributed by atoms with Crippen LogP contribution in [0.25, 0.3) is 0 Å². The number of rotatable bonds is 6. The van der Waals surface area contributed by atoms with Crippen LogP contribution >= 0.6 is 0 Å². The topological polar surface area (TPSA) is 64.7 Å². The van der Waals surface area contributed by atoms with Crippen LogP contribution in [0.3, 0.4) is 0 Å². The fourth-order valence-electron chi connectivity index (χ4n) is 1.54. The van der Waals surface area contributed by atoms with Crippen molar-refractivity contribution in [1.29, 1.82) is 0 Å². The van der Waals surface area contributed by atoms with E-state index in [1.165, 1.54) is 24.4 Å². The van der Waals surface area contributed by atoms with Gasteiger partial charge in [0.15, 0.2) is 11.6 Å². The van der Waals surface area contributed by atoms with Crippen molar-refractivity contribution in [2.45, 2.75) is 6.42 Å². The standard InChI is InChI=1S/C16H15F3N2O2/c1-23-15(22)10-21-11(5-3-2-4-8-20)9-12-13(17)6-7-14(18)16(12)19/h2-8,10H,9,20H2,1H3/b3-2-,8-4-,11-5+,21-10?. The number of ether oxygens (including phenoxy) is 1. The number of esters is 1. The number of allylic oxidation sites excluding steroid dienone is 5. The monoisotopic (exact) mass is 324 g/mol. The second kappa shape index (κ2) is 9.24. The number of hydrogen-bond donors (Lipinski definition) is 1. The highest BCUT2D eigenvalue weighted by atomic mass is 19.2. The Labute approximate surface area is 131 Å². The van der Waals surface area contributed by atoms with E-state index in [0.29, 0.717) is 6.07 Å². The molecule has 1 rings (SSSR count). The number of nitrogens with two attached hydrogens (primary N) is 1. The van der Waals surface area contributed by atoms with Crippen LogP contribution in [0.4, 0.5) is 13.2 Å². The van der Waals surface area contributed by atoms with Crippen LogP contribution in [0.5, 0.6) is 0 Å². The number of carbonyl (C=O) groups is 1. The molecule has 0 heterocycles. The highest BCUT2D eigenvalue weighted by Crippen LogP contribution is 2.19. The first kappa shape index (κ1) is 18.2. The summed E-state index contributed by atoms with van der Waals surface area (Å²) in [7, 11) is 1.16. The minimum Gasteiger partial charge on any atom is -0.465 e. The van der Waals surface area contributed by atoms with E-state index in [0.717, 1.165) is 19.4 Å². The third-order valence-corrected chi connectivity index (χ3v) is 2.66. The number of halogens is 3. The molecule has 0 fully saturated rings. The zero-order chi connectivity index (χ0) is 17.2. The van der Waals surface area contributed by atoms with Gasteiger partial charge in [-0.3, -0.25) is 4.99 Å². The Morgan fingerprint density at radius 3 is 2.57 bits per heavy atom. The quantitative estimate of drug-likeness (QED) is 0.379. The minimum atomic E-state index is -1.30. The van der Waals surface area contributed by atoms with Crippen LogP contribution in [0.1, 0.15) is 5.56 Å². The molecule has 0 spiro atoms. The first-order chi connectivity index (χ1) is 11.0. The lowest BCUT2D eigenvalue weighted by molar-refractivity contribution is -0.132. The molecular formula is C16H15F3N2O2. The largest absolute Gasteiger partial charge is 0.465 e. The van der Waals surface area contributed by atoms with Crippen LogP contribution in [-0.4, -0.2) is 19.3 Å². The van der Waals surface area contributed by atoms with Crippen LogP contribution in [0.15, 0.2) is 53.3 Å². The molecular weight excluding hydrogens is 309 g/mol. The summed E-state index contributed by atoms with van der Waals surface area (Å²) in [6, 6.07) is 1.52. The molecule has 0 unspecified atom stereocenters. The first-order valence-electron chi connectivity index (χ1n) is 6.48. The van der Waals surface area contributed by atoms with Crippen LogP contribution in [0.2, 0.25) is 0 Å². The summed E-state index contributed by atoms with van der Waals surface area (Å²) >= 11 is 0. The number of nitrogens with zero attached hydrogens (tertiary/aromatic N) is 1. The number of hydrogen-bond acceptors (Lipinski definition) is 4. The summed E-state index contributed by atoms with van der Waals surface area (Å²) < 4.78 is 45.0. The van der Waals surface area contributed by atoms with E-state index >= 15 is 0 Å².